The number of aliphatic carboxylic acids is 1. The first-order valence-corrected chi connectivity index (χ1v) is 7.72. The van der Waals surface area contributed by atoms with Crippen LogP contribution in [0, 0.1) is 0 Å². The third-order valence-electron chi connectivity index (χ3n) is 2.61. The van der Waals surface area contributed by atoms with E-state index in [-0.39, 0.29) is 13.2 Å². The second-order valence-corrected chi connectivity index (χ2v) is 4.93. The van der Waals surface area contributed by atoms with Gasteiger partial charge in [-0.25, -0.2) is 4.79 Å². The lowest BCUT2D eigenvalue weighted by atomic mass is 10.2. The van der Waals surface area contributed by atoms with Gasteiger partial charge in [0.05, 0.1) is 39.6 Å². The zero-order chi connectivity index (χ0) is 19.8. The summed E-state index contributed by atoms with van der Waals surface area (Å²) in [4.78, 5) is 8.90. The third-order valence-corrected chi connectivity index (χ3v) is 2.61. The van der Waals surface area contributed by atoms with Gasteiger partial charge in [-0.05, 0) is 5.56 Å². The lowest BCUT2D eigenvalue weighted by Gasteiger charge is -2.12. The molecule has 0 bridgehead atoms. The van der Waals surface area contributed by atoms with Crippen LogP contribution in [0.15, 0.2) is 30.3 Å². The van der Waals surface area contributed by atoms with Crippen molar-refractivity contribution in [1.82, 2.24) is 0 Å². The fraction of sp³-hybridized carbons (Fsp3) is 0.562. The van der Waals surface area contributed by atoms with E-state index in [9.17, 15) is 18.3 Å². The number of halogens is 3. The Balaban J connectivity index is 0.000000758. The molecule has 0 spiro atoms. The molecule has 0 fully saturated rings. The van der Waals surface area contributed by atoms with Crippen LogP contribution in [0.1, 0.15) is 5.56 Å². The Hall–Kier alpha value is -1.72. The quantitative estimate of drug-likeness (QED) is 0.492. The predicted molar refractivity (Wildman–Crippen MR) is 86.5 cm³/mol. The Morgan fingerprint density at radius 3 is 2.12 bits per heavy atom. The maximum Gasteiger partial charge on any atom is 0.490 e. The van der Waals surface area contributed by atoms with E-state index in [0.717, 1.165) is 5.56 Å². The number of carboxylic acid groups (broad SMARTS) is 1. The van der Waals surface area contributed by atoms with Gasteiger partial charge in [0.15, 0.2) is 0 Å². The van der Waals surface area contributed by atoms with Gasteiger partial charge < -0.3 is 30.2 Å². The highest BCUT2D eigenvalue weighted by atomic mass is 19.4. The number of nitrogens with two attached hydrogens (primary N) is 1. The molecule has 0 amide bonds. The minimum Gasteiger partial charge on any atom is -0.475 e. The van der Waals surface area contributed by atoms with Crippen molar-refractivity contribution in [2.24, 2.45) is 5.73 Å². The summed E-state index contributed by atoms with van der Waals surface area (Å²) < 4.78 is 47.5. The van der Waals surface area contributed by atoms with E-state index >= 15 is 0 Å². The SMILES string of the molecule is NCCOCCOCC(O)COCc1ccccc1.O=C(O)C(F)(F)F. The van der Waals surface area contributed by atoms with Gasteiger partial charge >= 0.3 is 12.1 Å². The van der Waals surface area contributed by atoms with Crippen molar-refractivity contribution in [2.75, 3.05) is 39.6 Å². The second kappa shape index (κ2) is 14.4. The summed E-state index contributed by atoms with van der Waals surface area (Å²) in [6.07, 6.45) is -5.70. The monoisotopic (exact) mass is 383 g/mol. The standard InChI is InChI=1S/C14H23NO4.C2HF3O2/c15-6-7-17-8-9-18-11-14(16)12-19-10-13-4-2-1-3-5-13;3-2(4,5)1(6)7/h1-5,14,16H,6-12,15H2;(H,6,7). The van der Waals surface area contributed by atoms with Crippen LogP contribution in [0.2, 0.25) is 0 Å². The van der Waals surface area contributed by atoms with Crippen molar-refractivity contribution < 1.29 is 42.4 Å². The van der Waals surface area contributed by atoms with Gasteiger partial charge in [-0.1, -0.05) is 30.3 Å². The number of carbonyl (C=O) groups is 1. The third kappa shape index (κ3) is 14.6. The summed E-state index contributed by atoms with van der Waals surface area (Å²) in [5.41, 5.74) is 6.36. The van der Waals surface area contributed by atoms with Crippen LogP contribution in [-0.2, 0) is 25.6 Å². The van der Waals surface area contributed by atoms with Gasteiger partial charge in [-0.2, -0.15) is 13.2 Å². The van der Waals surface area contributed by atoms with Gasteiger partial charge in [-0.15, -0.1) is 0 Å². The van der Waals surface area contributed by atoms with Crippen molar-refractivity contribution >= 4 is 5.97 Å². The molecule has 7 nitrogen and oxygen atoms in total. The smallest absolute Gasteiger partial charge is 0.475 e. The number of hydrogen-bond donors (Lipinski definition) is 3. The molecular formula is C16H24F3NO6. The molecule has 1 aromatic rings. The van der Waals surface area contributed by atoms with Crippen LogP contribution in [0.4, 0.5) is 13.2 Å². The Labute approximate surface area is 149 Å². The normalized spacial score (nSPS) is 12.2. The molecule has 0 aliphatic rings. The lowest BCUT2D eigenvalue weighted by molar-refractivity contribution is -0.192. The minimum atomic E-state index is -5.08. The average molecular weight is 383 g/mol. The largest absolute Gasteiger partial charge is 0.490 e. The molecule has 1 rings (SSSR count). The van der Waals surface area contributed by atoms with Crippen LogP contribution >= 0.6 is 0 Å². The van der Waals surface area contributed by atoms with E-state index < -0.39 is 18.2 Å². The molecule has 0 aliphatic carbocycles. The summed E-state index contributed by atoms with van der Waals surface area (Å²) in [5, 5.41) is 16.7. The molecule has 0 aliphatic heterocycles. The zero-order valence-electron chi connectivity index (χ0n) is 14.2. The molecule has 1 aromatic carbocycles. The van der Waals surface area contributed by atoms with Crippen LogP contribution in [0.25, 0.3) is 0 Å². The van der Waals surface area contributed by atoms with Crippen LogP contribution in [-0.4, -0.2) is 68.0 Å². The lowest BCUT2D eigenvalue weighted by Crippen LogP contribution is -2.23. The van der Waals surface area contributed by atoms with Crippen molar-refractivity contribution in [2.45, 2.75) is 18.9 Å². The number of aliphatic hydroxyl groups excluding tert-OH is 1. The fourth-order valence-corrected chi connectivity index (χ4v) is 1.46. The molecular weight excluding hydrogens is 359 g/mol. The molecule has 0 saturated heterocycles. The number of rotatable bonds is 11. The molecule has 1 atom stereocenters. The topological polar surface area (TPSA) is 111 Å². The molecule has 26 heavy (non-hydrogen) atoms. The molecule has 0 heterocycles. The van der Waals surface area contributed by atoms with E-state index in [1.807, 2.05) is 30.3 Å². The minimum absolute atomic E-state index is 0.251. The summed E-state index contributed by atoms with van der Waals surface area (Å²) in [7, 11) is 0. The summed E-state index contributed by atoms with van der Waals surface area (Å²) in [5.74, 6) is -2.76. The number of aliphatic hydroxyl groups is 1. The zero-order valence-corrected chi connectivity index (χ0v) is 14.2. The molecule has 1 unspecified atom stereocenters. The molecule has 0 radical (unpaired) electrons. The van der Waals surface area contributed by atoms with Crippen LogP contribution in [0.3, 0.4) is 0 Å². The first-order valence-electron chi connectivity index (χ1n) is 7.72. The van der Waals surface area contributed by atoms with Crippen molar-refractivity contribution in [3.63, 3.8) is 0 Å². The van der Waals surface area contributed by atoms with E-state index in [1.165, 1.54) is 0 Å². The molecule has 150 valence electrons. The maximum absolute atomic E-state index is 10.6. The van der Waals surface area contributed by atoms with E-state index in [1.54, 1.807) is 0 Å². The number of alkyl halides is 3. The van der Waals surface area contributed by atoms with Crippen LogP contribution in [0.5, 0.6) is 0 Å². The predicted octanol–water partition coefficient (Wildman–Crippen LogP) is 1.19. The Bertz CT molecular complexity index is 473. The number of benzene rings is 1. The van der Waals surface area contributed by atoms with Gasteiger partial charge in [0.1, 0.15) is 6.10 Å². The average Bonchev–Trinajstić information content (AvgIpc) is 2.58. The highest BCUT2D eigenvalue weighted by Crippen LogP contribution is 2.13. The van der Waals surface area contributed by atoms with Gasteiger partial charge in [0, 0.05) is 6.54 Å². The molecule has 0 aromatic heterocycles. The highest BCUT2D eigenvalue weighted by Gasteiger charge is 2.38. The molecule has 10 heteroatoms. The summed E-state index contributed by atoms with van der Waals surface area (Å²) in [6.45, 7) is 3.00. The van der Waals surface area contributed by atoms with E-state index in [2.05, 4.69) is 0 Å². The van der Waals surface area contributed by atoms with Crippen molar-refractivity contribution in [1.29, 1.82) is 0 Å². The van der Waals surface area contributed by atoms with Crippen molar-refractivity contribution in [3.05, 3.63) is 35.9 Å². The molecule has 0 saturated carbocycles. The first-order chi connectivity index (χ1) is 12.3. The van der Waals surface area contributed by atoms with Gasteiger partial charge in [0.25, 0.3) is 0 Å². The Morgan fingerprint density at radius 1 is 1.04 bits per heavy atom. The first kappa shape index (κ1) is 24.3. The van der Waals surface area contributed by atoms with Gasteiger partial charge in [-0.3, -0.25) is 0 Å². The fourth-order valence-electron chi connectivity index (χ4n) is 1.46. The molecule has 4 N–H and O–H groups in total. The van der Waals surface area contributed by atoms with E-state index in [4.69, 9.17) is 29.8 Å². The number of ether oxygens (including phenoxy) is 3. The highest BCUT2D eigenvalue weighted by molar-refractivity contribution is 5.73. The maximum atomic E-state index is 10.6. The van der Waals surface area contributed by atoms with Gasteiger partial charge in [0.2, 0.25) is 0 Å². The Kier molecular flexibility index (Phi) is 13.5. The van der Waals surface area contributed by atoms with E-state index in [0.29, 0.717) is 33.0 Å². The van der Waals surface area contributed by atoms with Crippen LogP contribution < -0.4 is 5.73 Å². The summed E-state index contributed by atoms with van der Waals surface area (Å²) in [6, 6.07) is 9.84. The second-order valence-electron chi connectivity index (χ2n) is 4.93. The number of carboxylic acids is 1. The van der Waals surface area contributed by atoms with Crippen molar-refractivity contribution in [3.8, 4) is 0 Å². The Morgan fingerprint density at radius 2 is 1.58 bits per heavy atom. The number of hydrogen-bond acceptors (Lipinski definition) is 6. The summed E-state index contributed by atoms with van der Waals surface area (Å²) >= 11 is 0.